The quantitative estimate of drug-likeness (QED) is 0.782. The first-order valence-electron chi connectivity index (χ1n) is 5.28. The number of hydrogen-bond acceptors (Lipinski definition) is 3. The average molecular weight is 280 g/mol. The molecular weight excluding hydrogens is 268 g/mol. The van der Waals surface area contributed by atoms with E-state index in [1.165, 1.54) is 24.3 Å². The van der Waals surface area contributed by atoms with E-state index < -0.39 is 18.3 Å². The van der Waals surface area contributed by atoms with Crippen molar-refractivity contribution in [1.29, 1.82) is 0 Å². The molecule has 0 aliphatic rings. The number of rotatable bonds is 6. The summed E-state index contributed by atoms with van der Waals surface area (Å²) in [5, 5.41) is 1.70. The summed E-state index contributed by atoms with van der Waals surface area (Å²) >= 11 is 0. The minimum atomic E-state index is -4.73. The van der Waals surface area contributed by atoms with Gasteiger partial charge in [-0.3, -0.25) is 4.79 Å². The fourth-order valence-corrected chi connectivity index (χ4v) is 1.12. The molecule has 0 saturated carbocycles. The second-order valence-corrected chi connectivity index (χ2v) is 3.54. The molecule has 4 nitrogen and oxygen atoms in total. The number of nitrogens with two attached hydrogens (primary N) is 1. The summed E-state index contributed by atoms with van der Waals surface area (Å²) in [7, 11) is 0. The number of carbonyl (C=O) groups is 1. The first-order valence-corrected chi connectivity index (χ1v) is 5.28. The van der Waals surface area contributed by atoms with Crippen molar-refractivity contribution in [2.75, 3.05) is 18.5 Å². The molecule has 1 rings (SSSR count). The molecule has 3 N–H and O–H groups in total. The van der Waals surface area contributed by atoms with Gasteiger partial charge < -0.3 is 15.8 Å². The van der Waals surface area contributed by atoms with Gasteiger partial charge in [0, 0.05) is 12.2 Å². The average Bonchev–Trinajstić information content (AvgIpc) is 2.37. The van der Waals surface area contributed by atoms with E-state index in [9.17, 15) is 22.4 Å². The smallest absolute Gasteiger partial charge is 0.383 e. The Morgan fingerprint density at radius 2 is 1.89 bits per heavy atom. The molecule has 1 aromatic carbocycles. The molecule has 0 fully saturated rings. The third kappa shape index (κ3) is 4.09. The lowest BCUT2D eigenvalue weighted by Crippen LogP contribution is -2.40. The first kappa shape index (κ1) is 15.2. The minimum absolute atomic E-state index is 0.0366. The van der Waals surface area contributed by atoms with Gasteiger partial charge in [0.2, 0.25) is 0 Å². The molecule has 0 unspecified atom stereocenters. The van der Waals surface area contributed by atoms with Gasteiger partial charge in [-0.2, -0.15) is 8.78 Å². The third-order valence-corrected chi connectivity index (χ3v) is 2.08. The van der Waals surface area contributed by atoms with Crippen molar-refractivity contribution in [2.45, 2.75) is 12.3 Å². The van der Waals surface area contributed by atoms with E-state index in [2.05, 4.69) is 0 Å². The molecule has 0 saturated heterocycles. The Balaban J connectivity index is 2.65. The minimum Gasteiger partial charge on any atom is -0.492 e. The van der Waals surface area contributed by atoms with E-state index in [-0.39, 0.29) is 12.3 Å². The highest BCUT2D eigenvalue weighted by molar-refractivity contribution is 5.96. The predicted octanol–water partition coefficient (Wildman–Crippen LogP) is 1.86. The molecule has 1 amide bonds. The highest BCUT2D eigenvalue weighted by Gasteiger charge is 2.48. The summed E-state index contributed by atoms with van der Waals surface area (Å²) in [6.07, 6.45) is -4.06. The number of ether oxygens (including phenoxy) is 1. The molecule has 0 atom stereocenters. The van der Waals surface area contributed by atoms with Gasteiger partial charge in [0.1, 0.15) is 12.4 Å². The van der Waals surface area contributed by atoms with Crippen molar-refractivity contribution >= 4 is 11.6 Å². The summed E-state index contributed by atoms with van der Waals surface area (Å²) in [4.78, 5) is 10.9. The van der Waals surface area contributed by atoms with Gasteiger partial charge in [-0.25, -0.2) is 8.78 Å². The number of halogens is 4. The van der Waals surface area contributed by atoms with Gasteiger partial charge in [-0.05, 0) is 24.3 Å². The number of anilines is 1. The first-order chi connectivity index (χ1) is 8.87. The Morgan fingerprint density at radius 1 is 1.32 bits per heavy atom. The van der Waals surface area contributed by atoms with Gasteiger partial charge in [0.05, 0.1) is 0 Å². The molecule has 0 aliphatic carbocycles. The molecule has 0 aromatic heterocycles. The normalized spacial score (nSPS) is 11.5. The van der Waals surface area contributed by atoms with Crippen LogP contribution in [0.4, 0.5) is 23.2 Å². The Hall–Kier alpha value is -1.83. The van der Waals surface area contributed by atoms with Crippen molar-refractivity contribution in [2.24, 2.45) is 5.73 Å². The number of amides is 1. The van der Waals surface area contributed by atoms with Crippen molar-refractivity contribution in [3.05, 3.63) is 24.3 Å². The molecule has 0 radical (unpaired) electrons. The number of carbonyl (C=O) groups excluding carboxylic acids is 1. The van der Waals surface area contributed by atoms with Gasteiger partial charge in [-0.15, -0.1) is 0 Å². The van der Waals surface area contributed by atoms with Gasteiger partial charge >= 0.3 is 18.3 Å². The lowest BCUT2D eigenvalue weighted by Gasteiger charge is -2.15. The van der Waals surface area contributed by atoms with Crippen LogP contribution in [0, 0.1) is 0 Å². The van der Waals surface area contributed by atoms with Crippen LogP contribution >= 0.6 is 0 Å². The van der Waals surface area contributed by atoms with E-state index in [1.807, 2.05) is 0 Å². The Kier molecular flexibility index (Phi) is 5.11. The summed E-state index contributed by atoms with van der Waals surface area (Å²) in [6, 6.07) is 5.30. The molecule has 106 valence electrons. The zero-order chi connectivity index (χ0) is 14.5. The predicted molar refractivity (Wildman–Crippen MR) is 60.6 cm³/mol. The van der Waals surface area contributed by atoms with E-state index >= 15 is 0 Å². The van der Waals surface area contributed by atoms with E-state index in [1.54, 1.807) is 5.32 Å². The summed E-state index contributed by atoms with van der Waals surface area (Å²) in [5.41, 5.74) is 5.18. The van der Waals surface area contributed by atoms with Crippen LogP contribution in [0.5, 0.6) is 5.75 Å². The van der Waals surface area contributed by atoms with Gasteiger partial charge in [0.15, 0.2) is 0 Å². The van der Waals surface area contributed by atoms with Crippen LogP contribution in [0.2, 0.25) is 0 Å². The van der Waals surface area contributed by atoms with Crippen LogP contribution in [-0.4, -0.2) is 31.4 Å². The Bertz CT molecular complexity index is 423. The largest absolute Gasteiger partial charge is 0.492 e. The zero-order valence-corrected chi connectivity index (χ0v) is 9.71. The van der Waals surface area contributed by atoms with Crippen LogP contribution in [0.3, 0.4) is 0 Å². The highest BCUT2D eigenvalue weighted by Crippen LogP contribution is 2.25. The second kappa shape index (κ2) is 6.37. The lowest BCUT2D eigenvalue weighted by molar-refractivity contribution is -0.163. The van der Waals surface area contributed by atoms with Crippen molar-refractivity contribution in [1.82, 2.24) is 0 Å². The molecule has 1 aromatic rings. The van der Waals surface area contributed by atoms with Crippen LogP contribution < -0.4 is 15.8 Å². The molecule has 19 heavy (non-hydrogen) atoms. The molecule has 0 spiro atoms. The monoisotopic (exact) mass is 280 g/mol. The second-order valence-electron chi connectivity index (χ2n) is 3.54. The summed E-state index contributed by atoms with van der Waals surface area (Å²) in [6.45, 7) is 0.578. The van der Waals surface area contributed by atoms with Crippen molar-refractivity contribution < 1.29 is 27.1 Å². The fraction of sp³-hybridized carbons (Fsp3) is 0.364. The molecular formula is C11H12F4N2O2. The maximum Gasteiger partial charge on any atom is 0.383 e. The Morgan fingerprint density at radius 3 is 2.37 bits per heavy atom. The molecule has 8 heteroatoms. The zero-order valence-electron chi connectivity index (χ0n) is 9.71. The van der Waals surface area contributed by atoms with Gasteiger partial charge in [-0.1, -0.05) is 0 Å². The summed E-state index contributed by atoms with van der Waals surface area (Å²) in [5.74, 6) is -6.36. The summed E-state index contributed by atoms with van der Waals surface area (Å²) < 4.78 is 54.3. The van der Waals surface area contributed by atoms with Crippen LogP contribution in [0.1, 0.15) is 0 Å². The molecule has 0 heterocycles. The van der Waals surface area contributed by atoms with Gasteiger partial charge in [0.25, 0.3) is 0 Å². The number of nitrogens with one attached hydrogen (secondary N) is 1. The van der Waals surface area contributed by atoms with E-state index in [0.717, 1.165) is 0 Å². The van der Waals surface area contributed by atoms with Crippen molar-refractivity contribution in [3.8, 4) is 5.75 Å². The van der Waals surface area contributed by atoms with Crippen molar-refractivity contribution in [3.63, 3.8) is 0 Å². The number of benzene rings is 1. The highest BCUT2D eigenvalue weighted by atomic mass is 19.3. The van der Waals surface area contributed by atoms with E-state index in [0.29, 0.717) is 12.3 Å². The lowest BCUT2D eigenvalue weighted by atomic mass is 10.2. The third-order valence-electron chi connectivity index (χ3n) is 2.08. The topological polar surface area (TPSA) is 64.3 Å². The maximum atomic E-state index is 12.7. The SMILES string of the molecule is NCCOc1ccc(NC(=O)C(F)(F)C(F)F)cc1. The van der Waals surface area contributed by atoms with Crippen LogP contribution in [0.25, 0.3) is 0 Å². The fourth-order valence-electron chi connectivity index (χ4n) is 1.12. The van der Waals surface area contributed by atoms with E-state index in [4.69, 9.17) is 10.5 Å². The van der Waals surface area contributed by atoms with Crippen LogP contribution in [-0.2, 0) is 4.79 Å². The number of hydrogen-bond donors (Lipinski definition) is 2. The standard InChI is InChI=1S/C11H12F4N2O2/c12-9(13)11(14,15)10(18)17-7-1-3-8(4-2-7)19-6-5-16/h1-4,9H,5-6,16H2,(H,17,18). The Labute approximate surface area is 106 Å². The molecule has 0 aliphatic heterocycles. The van der Waals surface area contributed by atoms with Crippen LogP contribution in [0.15, 0.2) is 24.3 Å². The number of alkyl halides is 4. The maximum absolute atomic E-state index is 12.7. The molecule has 0 bridgehead atoms.